The fraction of sp³-hybridized carbons (Fsp3) is 0.545. The van der Waals surface area contributed by atoms with Gasteiger partial charge in [0, 0.05) is 13.1 Å². The smallest absolute Gasteiger partial charge is 0.309 e. The number of hydrogen-bond acceptors (Lipinski definition) is 4. The van der Waals surface area contributed by atoms with Gasteiger partial charge in [-0.1, -0.05) is 0 Å². The van der Waals surface area contributed by atoms with Crippen molar-refractivity contribution in [3.8, 4) is 0 Å². The van der Waals surface area contributed by atoms with Gasteiger partial charge in [-0.05, 0) is 19.8 Å². The molecule has 0 saturated carbocycles. The summed E-state index contributed by atoms with van der Waals surface area (Å²) < 4.78 is 0. The van der Waals surface area contributed by atoms with E-state index in [4.69, 9.17) is 5.11 Å². The van der Waals surface area contributed by atoms with Crippen LogP contribution in [0.4, 0.5) is 0 Å². The van der Waals surface area contributed by atoms with Crippen LogP contribution in [-0.4, -0.2) is 40.0 Å². The van der Waals surface area contributed by atoms with Gasteiger partial charge in [0.15, 0.2) is 0 Å². The number of carbonyl (C=O) groups is 2. The van der Waals surface area contributed by atoms with Crippen LogP contribution in [0, 0.1) is 5.41 Å². The summed E-state index contributed by atoms with van der Waals surface area (Å²) in [6, 6.07) is 0. The number of likely N-dealkylation sites (tertiary alicyclic amines) is 1. The Balaban J connectivity index is 2.00. The number of aromatic nitrogens is 1. The average molecular weight is 254 g/mol. The minimum Gasteiger partial charge on any atom is -0.481 e. The summed E-state index contributed by atoms with van der Waals surface area (Å²) in [4.78, 5) is 29.3. The van der Waals surface area contributed by atoms with Gasteiger partial charge in [0.25, 0.3) is 5.91 Å². The highest BCUT2D eigenvalue weighted by molar-refractivity contribution is 7.11. The lowest BCUT2D eigenvalue weighted by Gasteiger charge is -2.36. The molecule has 5 nitrogen and oxygen atoms in total. The van der Waals surface area contributed by atoms with Crippen molar-refractivity contribution in [2.75, 3.05) is 13.1 Å². The Morgan fingerprint density at radius 1 is 1.47 bits per heavy atom. The zero-order valence-electron chi connectivity index (χ0n) is 9.55. The standard InChI is InChI=1S/C11H14N2O3S/c1-11(10(15)16)2-4-13(5-3-11)9(14)8-6-12-7-17-8/h6-7H,2-5H2,1H3,(H,15,16). The molecule has 92 valence electrons. The van der Waals surface area contributed by atoms with Crippen LogP contribution in [-0.2, 0) is 4.79 Å². The van der Waals surface area contributed by atoms with Crippen LogP contribution >= 0.6 is 11.3 Å². The van der Waals surface area contributed by atoms with Crippen molar-refractivity contribution < 1.29 is 14.7 Å². The van der Waals surface area contributed by atoms with Gasteiger partial charge in [-0.25, -0.2) is 0 Å². The molecule has 1 aliphatic rings. The molecule has 1 fully saturated rings. The van der Waals surface area contributed by atoms with E-state index in [9.17, 15) is 9.59 Å². The maximum absolute atomic E-state index is 12.0. The Morgan fingerprint density at radius 3 is 2.59 bits per heavy atom. The van der Waals surface area contributed by atoms with Crippen LogP contribution in [0.5, 0.6) is 0 Å². The number of thiazole rings is 1. The highest BCUT2D eigenvalue weighted by atomic mass is 32.1. The van der Waals surface area contributed by atoms with Crippen molar-refractivity contribution in [1.82, 2.24) is 9.88 Å². The van der Waals surface area contributed by atoms with Gasteiger partial charge in [-0.2, -0.15) is 0 Å². The molecule has 0 radical (unpaired) electrons. The Morgan fingerprint density at radius 2 is 2.12 bits per heavy atom. The van der Waals surface area contributed by atoms with E-state index in [1.54, 1.807) is 23.5 Å². The third-order valence-corrected chi connectivity index (χ3v) is 4.07. The molecule has 0 unspecified atom stereocenters. The summed E-state index contributed by atoms with van der Waals surface area (Å²) in [5, 5.41) is 9.09. The second kappa shape index (κ2) is 4.44. The van der Waals surface area contributed by atoms with Gasteiger partial charge in [-0.3, -0.25) is 14.6 Å². The van der Waals surface area contributed by atoms with Gasteiger partial charge in [0.2, 0.25) is 0 Å². The zero-order chi connectivity index (χ0) is 12.5. The van der Waals surface area contributed by atoms with Crippen molar-refractivity contribution >= 4 is 23.2 Å². The lowest BCUT2D eigenvalue weighted by atomic mass is 9.80. The predicted molar refractivity (Wildman–Crippen MR) is 63.0 cm³/mol. The lowest BCUT2D eigenvalue weighted by Crippen LogP contribution is -2.45. The van der Waals surface area contributed by atoms with Crippen LogP contribution in [0.1, 0.15) is 29.4 Å². The first-order chi connectivity index (χ1) is 8.03. The van der Waals surface area contributed by atoms with E-state index in [2.05, 4.69) is 4.98 Å². The molecule has 1 aromatic rings. The summed E-state index contributed by atoms with van der Waals surface area (Å²) in [6.07, 6.45) is 2.57. The van der Waals surface area contributed by atoms with E-state index in [1.165, 1.54) is 11.3 Å². The number of carboxylic acid groups (broad SMARTS) is 1. The van der Waals surface area contributed by atoms with Gasteiger partial charge in [0.05, 0.1) is 17.1 Å². The highest BCUT2D eigenvalue weighted by Gasteiger charge is 2.38. The molecule has 6 heteroatoms. The first kappa shape index (κ1) is 12.0. The quantitative estimate of drug-likeness (QED) is 0.867. The van der Waals surface area contributed by atoms with E-state index in [0.29, 0.717) is 30.8 Å². The molecule has 0 spiro atoms. The molecule has 1 saturated heterocycles. The molecule has 1 N–H and O–H groups in total. The number of hydrogen-bond donors (Lipinski definition) is 1. The fourth-order valence-electron chi connectivity index (χ4n) is 1.89. The second-order valence-corrected chi connectivity index (χ2v) is 5.41. The van der Waals surface area contributed by atoms with Gasteiger partial charge in [-0.15, -0.1) is 11.3 Å². The van der Waals surface area contributed by atoms with Crippen LogP contribution in [0.3, 0.4) is 0 Å². The van der Waals surface area contributed by atoms with E-state index in [-0.39, 0.29) is 5.91 Å². The minimum absolute atomic E-state index is 0.0417. The molecular formula is C11H14N2O3S. The maximum atomic E-state index is 12.0. The first-order valence-corrected chi connectivity index (χ1v) is 6.32. The monoisotopic (exact) mass is 254 g/mol. The minimum atomic E-state index is -0.776. The molecule has 0 bridgehead atoms. The van der Waals surface area contributed by atoms with E-state index in [1.807, 2.05) is 0 Å². The summed E-state index contributed by atoms with van der Waals surface area (Å²) in [5.74, 6) is -0.817. The average Bonchev–Trinajstić information content (AvgIpc) is 2.82. The number of piperidine rings is 1. The van der Waals surface area contributed by atoms with Crippen molar-refractivity contribution in [2.45, 2.75) is 19.8 Å². The summed E-state index contributed by atoms with van der Waals surface area (Å²) in [5.41, 5.74) is 0.934. The molecule has 17 heavy (non-hydrogen) atoms. The number of aliphatic carboxylic acids is 1. The Hall–Kier alpha value is -1.43. The maximum Gasteiger partial charge on any atom is 0.309 e. The largest absolute Gasteiger partial charge is 0.481 e. The van der Waals surface area contributed by atoms with Crippen LogP contribution < -0.4 is 0 Å². The van der Waals surface area contributed by atoms with Crippen molar-refractivity contribution in [2.24, 2.45) is 5.41 Å². The molecular weight excluding hydrogens is 240 g/mol. The summed E-state index contributed by atoms with van der Waals surface area (Å²) in [7, 11) is 0. The number of carbonyl (C=O) groups excluding carboxylic acids is 1. The molecule has 1 amide bonds. The number of rotatable bonds is 2. The fourth-order valence-corrected chi connectivity index (χ4v) is 2.48. The number of nitrogens with zero attached hydrogens (tertiary/aromatic N) is 2. The van der Waals surface area contributed by atoms with E-state index in [0.717, 1.165) is 0 Å². The normalized spacial score (nSPS) is 19.0. The molecule has 0 atom stereocenters. The third kappa shape index (κ3) is 2.31. The van der Waals surface area contributed by atoms with Crippen LogP contribution in [0.25, 0.3) is 0 Å². The second-order valence-electron chi connectivity index (χ2n) is 4.52. The number of amides is 1. The Labute approximate surface area is 103 Å². The van der Waals surface area contributed by atoms with Crippen molar-refractivity contribution in [3.05, 3.63) is 16.6 Å². The van der Waals surface area contributed by atoms with E-state index < -0.39 is 11.4 Å². The topological polar surface area (TPSA) is 70.5 Å². The SMILES string of the molecule is CC1(C(=O)O)CCN(C(=O)c2cncs2)CC1. The highest BCUT2D eigenvalue weighted by Crippen LogP contribution is 2.31. The molecule has 0 aliphatic carbocycles. The molecule has 2 heterocycles. The third-order valence-electron chi connectivity index (χ3n) is 3.31. The zero-order valence-corrected chi connectivity index (χ0v) is 10.4. The first-order valence-electron chi connectivity index (χ1n) is 5.44. The summed E-state index contributed by atoms with van der Waals surface area (Å²) >= 11 is 1.31. The van der Waals surface area contributed by atoms with E-state index >= 15 is 0 Å². The molecule has 1 aliphatic heterocycles. The molecule has 2 rings (SSSR count). The van der Waals surface area contributed by atoms with Crippen LogP contribution in [0.15, 0.2) is 11.7 Å². The molecule has 0 aromatic carbocycles. The van der Waals surface area contributed by atoms with Gasteiger partial charge in [0.1, 0.15) is 4.88 Å². The van der Waals surface area contributed by atoms with Crippen LogP contribution in [0.2, 0.25) is 0 Å². The Bertz CT molecular complexity index is 422. The van der Waals surface area contributed by atoms with Gasteiger partial charge >= 0.3 is 5.97 Å². The van der Waals surface area contributed by atoms with Gasteiger partial charge < -0.3 is 10.0 Å². The number of carboxylic acids is 1. The van der Waals surface area contributed by atoms with Crippen molar-refractivity contribution in [1.29, 1.82) is 0 Å². The van der Waals surface area contributed by atoms with Crippen molar-refractivity contribution in [3.63, 3.8) is 0 Å². The lowest BCUT2D eigenvalue weighted by molar-refractivity contribution is -0.150. The predicted octanol–water partition coefficient (Wildman–Crippen LogP) is 1.47. The Kier molecular flexibility index (Phi) is 3.15. The molecule has 1 aromatic heterocycles. The summed E-state index contributed by atoms with van der Waals surface area (Å²) in [6.45, 7) is 2.74.